The first-order valence-electron chi connectivity index (χ1n) is 8.18. The van der Waals surface area contributed by atoms with Gasteiger partial charge < -0.3 is 9.47 Å². The van der Waals surface area contributed by atoms with E-state index < -0.39 is 0 Å². The number of hydrogen-bond acceptors (Lipinski definition) is 2. The fraction of sp³-hybridized carbons (Fsp3) is 0.684. The van der Waals surface area contributed by atoms with Crippen LogP contribution in [-0.2, 0) is 9.47 Å². The maximum atomic E-state index is 6.55. The Bertz CT molecular complexity index is 451. The predicted molar refractivity (Wildman–Crippen MR) is 87.1 cm³/mol. The molecular weight excluding hydrogens is 260 g/mol. The number of rotatable bonds is 4. The average Bonchev–Trinajstić information content (AvgIpc) is 2.81. The summed E-state index contributed by atoms with van der Waals surface area (Å²) in [5.74, 6) is 1.27. The van der Waals surface area contributed by atoms with E-state index in [1.807, 2.05) is 0 Å². The van der Waals surface area contributed by atoms with Crippen molar-refractivity contribution in [1.29, 1.82) is 0 Å². The van der Waals surface area contributed by atoms with E-state index in [1.165, 1.54) is 5.56 Å². The lowest BCUT2D eigenvalue weighted by Gasteiger charge is -2.41. The van der Waals surface area contributed by atoms with E-state index in [1.54, 1.807) is 0 Å². The van der Waals surface area contributed by atoms with Gasteiger partial charge in [0.25, 0.3) is 0 Å². The summed E-state index contributed by atoms with van der Waals surface area (Å²) in [6.07, 6.45) is -0.119. The van der Waals surface area contributed by atoms with Gasteiger partial charge in [-0.15, -0.1) is 0 Å². The first kappa shape index (κ1) is 16.5. The molecule has 1 aromatic carbocycles. The van der Waals surface area contributed by atoms with Crippen molar-refractivity contribution in [2.75, 3.05) is 0 Å². The molecule has 2 heteroatoms. The molecule has 1 heterocycles. The fourth-order valence-corrected chi connectivity index (χ4v) is 3.66. The Hall–Kier alpha value is -0.860. The molecule has 0 aromatic heterocycles. The Labute approximate surface area is 129 Å². The van der Waals surface area contributed by atoms with Crippen molar-refractivity contribution in [1.82, 2.24) is 0 Å². The lowest BCUT2D eigenvalue weighted by molar-refractivity contribution is -0.126. The van der Waals surface area contributed by atoms with Crippen LogP contribution in [-0.4, -0.2) is 11.7 Å². The summed E-state index contributed by atoms with van der Waals surface area (Å²) >= 11 is 0. The molecule has 118 valence electrons. The van der Waals surface area contributed by atoms with Crippen molar-refractivity contribution >= 4 is 0 Å². The smallest absolute Gasteiger partial charge is 0.185 e. The standard InChI is InChI=1S/C19H30O2/c1-12(2)17-19(13(3)4,14(5)6)21-18(20-17)16-10-8-15(7)9-11-16/h8-14,17-18H,1-7H3/t17-,18?/m0/s1. The monoisotopic (exact) mass is 290 g/mol. The minimum absolute atomic E-state index is 0.129. The van der Waals surface area contributed by atoms with E-state index >= 15 is 0 Å². The maximum absolute atomic E-state index is 6.55. The molecule has 0 N–H and O–H groups in total. The molecule has 21 heavy (non-hydrogen) atoms. The van der Waals surface area contributed by atoms with Crippen LogP contribution in [0.2, 0.25) is 0 Å². The number of ether oxygens (including phenoxy) is 2. The highest BCUT2D eigenvalue weighted by Crippen LogP contribution is 2.49. The van der Waals surface area contributed by atoms with E-state index in [9.17, 15) is 0 Å². The minimum atomic E-state index is -0.247. The average molecular weight is 290 g/mol. The molecule has 2 nitrogen and oxygen atoms in total. The molecule has 1 aliphatic heterocycles. The topological polar surface area (TPSA) is 18.5 Å². The summed E-state index contributed by atoms with van der Waals surface area (Å²) in [7, 11) is 0. The number of hydrogen-bond donors (Lipinski definition) is 0. The minimum Gasteiger partial charge on any atom is -0.342 e. The molecule has 1 aliphatic rings. The third-order valence-electron chi connectivity index (χ3n) is 4.79. The zero-order valence-corrected chi connectivity index (χ0v) is 14.5. The van der Waals surface area contributed by atoms with E-state index in [2.05, 4.69) is 72.7 Å². The second-order valence-corrected chi connectivity index (χ2v) is 7.32. The fourth-order valence-electron chi connectivity index (χ4n) is 3.66. The first-order chi connectivity index (χ1) is 9.79. The molecule has 0 saturated carbocycles. The molecule has 0 radical (unpaired) electrons. The van der Waals surface area contributed by atoms with Gasteiger partial charge in [0.1, 0.15) is 5.60 Å². The molecule has 2 rings (SSSR count). The van der Waals surface area contributed by atoms with Crippen LogP contribution < -0.4 is 0 Å². The van der Waals surface area contributed by atoms with Crippen molar-refractivity contribution in [3.8, 4) is 0 Å². The van der Waals surface area contributed by atoms with Gasteiger partial charge in [-0.3, -0.25) is 0 Å². The van der Waals surface area contributed by atoms with Crippen LogP contribution in [0.25, 0.3) is 0 Å². The van der Waals surface area contributed by atoms with Crippen LogP contribution in [0.15, 0.2) is 24.3 Å². The van der Waals surface area contributed by atoms with Crippen molar-refractivity contribution in [3.63, 3.8) is 0 Å². The summed E-state index contributed by atoms with van der Waals surface area (Å²) in [4.78, 5) is 0. The Kier molecular flexibility index (Phi) is 4.79. The van der Waals surface area contributed by atoms with E-state index in [4.69, 9.17) is 9.47 Å². The van der Waals surface area contributed by atoms with E-state index in [0.717, 1.165) is 5.56 Å². The van der Waals surface area contributed by atoms with Crippen LogP contribution in [0.3, 0.4) is 0 Å². The van der Waals surface area contributed by atoms with Crippen LogP contribution in [0, 0.1) is 24.7 Å². The summed E-state index contributed by atoms with van der Waals surface area (Å²) in [6.45, 7) is 15.5. The third-order valence-corrected chi connectivity index (χ3v) is 4.79. The summed E-state index contributed by atoms with van der Waals surface area (Å²) < 4.78 is 12.9. The van der Waals surface area contributed by atoms with Crippen LogP contribution in [0.5, 0.6) is 0 Å². The molecule has 0 bridgehead atoms. The predicted octanol–water partition coefficient (Wildman–Crippen LogP) is 5.12. The molecule has 1 fully saturated rings. The lowest BCUT2D eigenvalue weighted by atomic mass is 9.73. The molecule has 0 aliphatic carbocycles. The highest BCUT2D eigenvalue weighted by molar-refractivity contribution is 5.23. The largest absolute Gasteiger partial charge is 0.342 e. The first-order valence-corrected chi connectivity index (χ1v) is 8.18. The molecule has 1 aromatic rings. The van der Waals surface area contributed by atoms with E-state index in [0.29, 0.717) is 17.8 Å². The maximum Gasteiger partial charge on any atom is 0.185 e. The van der Waals surface area contributed by atoms with Crippen LogP contribution >= 0.6 is 0 Å². The van der Waals surface area contributed by atoms with Gasteiger partial charge in [0.2, 0.25) is 0 Å². The van der Waals surface area contributed by atoms with Crippen LogP contribution in [0.1, 0.15) is 59.0 Å². The third kappa shape index (κ3) is 2.89. The molecule has 0 amide bonds. The molecule has 2 atom stereocenters. The quantitative estimate of drug-likeness (QED) is 0.766. The summed E-state index contributed by atoms with van der Waals surface area (Å²) in [5.41, 5.74) is 2.16. The van der Waals surface area contributed by atoms with Gasteiger partial charge in [-0.05, 0) is 24.7 Å². The van der Waals surface area contributed by atoms with Gasteiger partial charge in [0.15, 0.2) is 6.29 Å². The van der Waals surface area contributed by atoms with E-state index in [-0.39, 0.29) is 18.0 Å². The van der Waals surface area contributed by atoms with Crippen molar-refractivity contribution in [2.24, 2.45) is 17.8 Å². The Morgan fingerprint density at radius 1 is 0.905 bits per heavy atom. The summed E-state index contributed by atoms with van der Waals surface area (Å²) in [5, 5.41) is 0. The zero-order chi connectivity index (χ0) is 15.8. The summed E-state index contributed by atoms with van der Waals surface area (Å²) in [6, 6.07) is 8.48. The second kappa shape index (κ2) is 6.10. The SMILES string of the molecule is Cc1ccc(C2O[C@@H](C(C)C)C(C(C)C)(C(C)C)O2)cc1. The van der Waals surface area contributed by atoms with Gasteiger partial charge in [-0.2, -0.15) is 0 Å². The Morgan fingerprint density at radius 2 is 1.43 bits per heavy atom. The number of benzene rings is 1. The van der Waals surface area contributed by atoms with Crippen LogP contribution in [0.4, 0.5) is 0 Å². The van der Waals surface area contributed by atoms with Gasteiger partial charge in [-0.25, -0.2) is 0 Å². The van der Waals surface area contributed by atoms with Gasteiger partial charge >= 0.3 is 0 Å². The normalized spacial score (nSPS) is 25.2. The Balaban J connectivity index is 2.36. The second-order valence-electron chi connectivity index (χ2n) is 7.32. The molecule has 1 unspecified atom stereocenters. The zero-order valence-electron chi connectivity index (χ0n) is 14.5. The van der Waals surface area contributed by atoms with Crippen molar-refractivity contribution in [2.45, 2.75) is 66.5 Å². The van der Waals surface area contributed by atoms with Gasteiger partial charge in [0, 0.05) is 5.56 Å². The van der Waals surface area contributed by atoms with Crippen molar-refractivity contribution < 1.29 is 9.47 Å². The molecule has 1 saturated heterocycles. The van der Waals surface area contributed by atoms with Gasteiger partial charge in [-0.1, -0.05) is 71.4 Å². The Morgan fingerprint density at radius 3 is 1.81 bits per heavy atom. The molecular formula is C19H30O2. The lowest BCUT2D eigenvalue weighted by Crippen LogP contribution is -2.51. The van der Waals surface area contributed by atoms with Gasteiger partial charge in [0.05, 0.1) is 6.10 Å². The molecule has 0 spiro atoms. The highest BCUT2D eigenvalue weighted by Gasteiger charge is 2.55. The van der Waals surface area contributed by atoms with Crippen molar-refractivity contribution in [3.05, 3.63) is 35.4 Å². The highest BCUT2D eigenvalue weighted by atomic mass is 16.7. The number of aryl methyl sites for hydroxylation is 1.